The minimum absolute atomic E-state index is 0.185. The molecule has 1 aromatic heterocycles. The quantitative estimate of drug-likeness (QED) is 0.672. The van der Waals surface area contributed by atoms with Crippen molar-refractivity contribution in [1.82, 2.24) is 4.57 Å². The molecular formula is C18H23N3O. The highest BCUT2D eigenvalue weighted by molar-refractivity contribution is 5.94. The molecule has 0 radical (unpaired) electrons. The highest BCUT2D eigenvalue weighted by atomic mass is 16.1. The van der Waals surface area contributed by atoms with Gasteiger partial charge in [-0.2, -0.15) is 0 Å². The zero-order valence-electron chi connectivity index (χ0n) is 13.6. The Morgan fingerprint density at radius 2 is 1.91 bits per heavy atom. The largest absolute Gasteiger partial charge is 0.384 e. The molecule has 4 heteroatoms. The Hall–Kier alpha value is -2.36. The van der Waals surface area contributed by atoms with Crippen molar-refractivity contribution in [3.63, 3.8) is 0 Å². The molecule has 4 nitrogen and oxygen atoms in total. The zero-order valence-corrected chi connectivity index (χ0v) is 13.6. The van der Waals surface area contributed by atoms with E-state index in [1.165, 1.54) is 5.56 Å². The Kier molecular flexibility index (Phi) is 4.50. The Balaban J connectivity index is 2.72. The normalized spacial score (nSPS) is 11.0. The fraction of sp³-hybridized carbons (Fsp3) is 0.333. The van der Waals surface area contributed by atoms with E-state index in [-0.39, 0.29) is 17.0 Å². The van der Waals surface area contributed by atoms with Gasteiger partial charge in [-0.05, 0) is 37.5 Å². The van der Waals surface area contributed by atoms with Gasteiger partial charge in [-0.3, -0.25) is 10.2 Å². The fourth-order valence-corrected chi connectivity index (χ4v) is 2.67. The molecule has 0 saturated heterocycles. The van der Waals surface area contributed by atoms with E-state index in [0.29, 0.717) is 12.5 Å². The van der Waals surface area contributed by atoms with E-state index in [9.17, 15) is 4.79 Å². The van der Waals surface area contributed by atoms with Crippen LogP contribution in [0.4, 0.5) is 0 Å². The highest BCUT2D eigenvalue weighted by Gasteiger charge is 2.14. The van der Waals surface area contributed by atoms with Gasteiger partial charge in [0.05, 0.1) is 11.3 Å². The number of pyridine rings is 1. The average molecular weight is 297 g/mol. The van der Waals surface area contributed by atoms with Gasteiger partial charge in [0, 0.05) is 12.1 Å². The van der Waals surface area contributed by atoms with Crippen LogP contribution in [-0.2, 0) is 6.54 Å². The number of hydrogen-bond donors (Lipinski definition) is 2. The SMILES string of the molecule is Cc1ccc(-c2ccc(C(=N)N)c(=O)n2CC(C)C)c(C)c1. The third-order valence-corrected chi connectivity index (χ3v) is 3.67. The lowest BCUT2D eigenvalue weighted by Gasteiger charge is -2.18. The van der Waals surface area contributed by atoms with Gasteiger partial charge in [-0.15, -0.1) is 0 Å². The lowest BCUT2D eigenvalue weighted by molar-refractivity contribution is 0.514. The molecule has 0 bridgehead atoms. The predicted octanol–water partition coefficient (Wildman–Crippen LogP) is 3.07. The van der Waals surface area contributed by atoms with Crippen molar-refractivity contribution < 1.29 is 0 Å². The van der Waals surface area contributed by atoms with Crippen molar-refractivity contribution in [1.29, 1.82) is 5.41 Å². The minimum atomic E-state index is -0.196. The first-order valence-electron chi connectivity index (χ1n) is 7.47. The van der Waals surface area contributed by atoms with Crippen LogP contribution in [0.25, 0.3) is 11.3 Å². The van der Waals surface area contributed by atoms with Gasteiger partial charge in [0.25, 0.3) is 5.56 Å². The number of nitrogen functional groups attached to an aromatic ring is 1. The second kappa shape index (κ2) is 6.18. The molecule has 1 aromatic carbocycles. The van der Waals surface area contributed by atoms with E-state index in [0.717, 1.165) is 16.8 Å². The van der Waals surface area contributed by atoms with Crippen molar-refractivity contribution in [2.24, 2.45) is 11.7 Å². The summed E-state index contributed by atoms with van der Waals surface area (Å²) in [6.45, 7) is 8.84. The minimum Gasteiger partial charge on any atom is -0.384 e. The van der Waals surface area contributed by atoms with Gasteiger partial charge < -0.3 is 10.3 Å². The Bertz CT molecular complexity index is 772. The second-order valence-electron chi connectivity index (χ2n) is 6.17. The van der Waals surface area contributed by atoms with Crippen molar-refractivity contribution >= 4 is 5.84 Å². The molecule has 22 heavy (non-hydrogen) atoms. The van der Waals surface area contributed by atoms with Gasteiger partial charge in [-0.1, -0.05) is 37.6 Å². The number of benzene rings is 1. The summed E-state index contributed by atoms with van der Waals surface area (Å²) in [5, 5.41) is 7.57. The molecule has 3 N–H and O–H groups in total. The molecule has 2 rings (SSSR count). The van der Waals surface area contributed by atoms with Gasteiger partial charge in [0.2, 0.25) is 0 Å². The van der Waals surface area contributed by atoms with Crippen LogP contribution in [0, 0.1) is 25.2 Å². The molecule has 1 heterocycles. The van der Waals surface area contributed by atoms with Crippen LogP contribution >= 0.6 is 0 Å². The number of hydrogen-bond acceptors (Lipinski definition) is 2. The summed E-state index contributed by atoms with van der Waals surface area (Å²) in [4.78, 5) is 12.7. The van der Waals surface area contributed by atoms with E-state index in [4.69, 9.17) is 11.1 Å². The van der Waals surface area contributed by atoms with Crippen molar-refractivity contribution in [2.75, 3.05) is 0 Å². The number of aromatic nitrogens is 1. The van der Waals surface area contributed by atoms with E-state index < -0.39 is 0 Å². The first-order valence-corrected chi connectivity index (χ1v) is 7.47. The topological polar surface area (TPSA) is 71.9 Å². The molecule has 0 aliphatic rings. The van der Waals surface area contributed by atoms with Crippen molar-refractivity contribution in [3.8, 4) is 11.3 Å². The standard InChI is InChI=1S/C18H23N3O/c1-11(2)10-21-16(8-7-15(17(19)20)18(21)22)14-6-5-12(3)9-13(14)4/h5-9,11H,10H2,1-4H3,(H3,19,20). The lowest BCUT2D eigenvalue weighted by Crippen LogP contribution is -2.31. The maximum absolute atomic E-state index is 12.7. The van der Waals surface area contributed by atoms with Crippen molar-refractivity contribution in [3.05, 3.63) is 57.4 Å². The third kappa shape index (κ3) is 3.11. The van der Waals surface area contributed by atoms with Crippen LogP contribution in [-0.4, -0.2) is 10.4 Å². The third-order valence-electron chi connectivity index (χ3n) is 3.67. The molecule has 2 aromatic rings. The maximum atomic E-state index is 12.7. The summed E-state index contributed by atoms with van der Waals surface area (Å²) in [5.74, 6) is 0.138. The summed E-state index contributed by atoms with van der Waals surface area (Å²) in [7, 11) is 0. The molecule has 0 unspecified atom stereocenters. The molecule has 0 aliphatic heterocycles. The summed E-state index contributed by atoms with van der Waals surface area (Å²) < 4.78 is 1.74. The molecule has 116 valence electrons. The first kappa shape index (κ1) is 16.0. The van der Waals surface area contributed by atoms with Crippen LogP contribution in [0.1, 0.15) is 30.5 Å². The van der Waals surface area contributed by atoms with Crippen LogP contribution in [0.5, 0.6) is 0 Å². The number of nitrogens with two attached hydrogens (primary N) is 1. The van der Waals surface area contributed by atoms with Crippen LogP contribution in [0.2, 0.25) is 0 Å². The van der Waals surface area contributed by atoms with E-state index in [2.05, 4.69) is 26.8 Å². The van der Waals surface area contributed by atoms with E-state index in [1.807, 2.05) is 25.1 Å². The van der Waals surface area contributed by atoms with Gasteiger partial charge in [0.1, 0.15) is 5.84 Å². The Labute approximate surface area is 131 Å². The lowest BCUT2D eigenvalue weighted by atomic mass is 10.0. The highest BCUT2D eigenvalue weighted by Crippen LogP contribution is 2.24. The molecular weight excluding hydrogens is 274 g/mol. The number of amidine groups is 1. The Morgan fingerprint density at radius 1 is 1.23 bits per heavy atom. The second-order valence-corrected chi connectivity index (χ2v) is 6.17. The van der Waals surface area contributed by atoms with Crippen molar-refractivity contribution in [2.45, 2.75) is 34.2 Å². The maximum Gasteiger partial charge on any atom is 0.262 e. The fourth-order valence-electron chi connectivity index (χ4n) is 2.67. The monoisotopic (exact) mass is 297 g/mol. The molecule has 0 spiro atoms. The average Bonchev–Trinajstić information content (AvgIpc) is 2.40. The first-order chi connectivity index (χ1) is 10.3. The van der Waals surface area contributed by atoms with Crippen LogP contribution < -0.4 is 11.3 Å². The Morgan fingerprint density at radius 3 is 2.45 bits per heavy atom. The summed E-state index contributed by atoms with van der Waals surface area (Å²) in [6, 6.07) is 9.74. The molecule has 0 aliphatic carbocycles. The molecule has 0 amide bonds. The van der Waals surface area contributed by atoms with Gasteiger partial charge in [-0.25, -0.2) is 0 Å². The van der Waals surface area contributed by atoms with Crippen LogP contribution in [0.15, 0.2) is 35.1 Å². The summed E-state index contributed by atoms with van der Waals surface area (Å²) in [5.41, 5.74) is 9.83. The van der Waals surface area contributed by atoms with Gasteiger partial charge >= 0.3 is 0 Å². The summed E-state index contributed by atoms with van der Waals surface area (Å²) >= 11 is 0. The van der Waals surface area contributed by atoms with Crippen LogP contribution in [0.3, 0.4) is 0 Å². The molecule has 0 atom stereocenters. The zero-order chi connectivity index (χ0) is 16.4. The summed E-state index contributed by atoms with van der Waals surface area (Å²) in [6.07, 6.45) is 0. The van der Waals surface area contributed by atoms with E-state index in [1.54, 1.807) is 10.6 Å². The smallest absolute Gasteiger partial charge is 0.262 e. The number of nitrogens with zero attached hydrogens (tertiary/aromatic N) is 1. The number of nitrogens with one attached hydrogen (secondary N) is 1. The van der Waals surface area contributed by atoms with Gasteiger partial charge in [0.15, 0.2) is 0 Å². The molecule has 0 saturated carbocycles. The molecule has 0 fully saturated rings. The predicted molar refractivity (Wildman–Crippen MR) is 91.5 cm³/mol. The number of rotatable bonds is 4. The number of aryl methyl sites for hydroxylation is 2. The van der Waals surface area contributed by atoms with E-state index >= 15 is 0 Å².